The molecule has 0 radical (unpaired) electrons. The number of hydrogen-bond acceptors (Lipinski definition) is 5. The van der Waals surface area contributed by atoms with Gasteiger partial charge >= 0.3 is 12.1 Å². The van der Waals surface area contributed by atoms with E-state index in [1.807, 2.05) is 0 Å². The first-order valence-corrected chi connectivity index (χ1v) is 6.41. The fourth-order valence-electron chi connectivity index (χ4n) is 2.09. The van der Waals surface area contributed by atoms with Gasteiger partial charge in [-0.3, -0.25) is 4.79 Å². The van der Waals surface area contributed by atoms with Crippen molar-refractivity contribution < 1.29 is 24.2 Å². The second-order valence-corrected chi connectivity index (χ2v) is 5.90. The number of esters is 1. The summed E-state index contributed by atoms with van der Waals surface area (Å²) in [5.74, 6) is -0.418. The van der Waals surface area contributed by atoms with E-state index in [0.717, 1.165) is 0 Å². The van der Waals surface area contributed by atoms with E-state index in [4.69, 9.17) is 9.47 Å². The first-order valence-electron chi connectivity index (χ1n) is 6.41. The third-order valence-electron chi connectivity index (χ3n) is 3.29. The van der Waals surface area contributed by atoms with Gasteiger partial charge in [-0.05, 0) is 33.6 Å². The van der Waals surface area contributed by atoms with E-state index >= 15 is 0 Å². The molecule has 1 rings (SSSR count). The molecule has 1 amide bonds. The van der Waals surface area contributed by atoms with Gasteiger partial charge in [-0.25, -0.2) is 4.79 Å². The molecular formula is C13H23NO5. The summed E-state index contributed by atoms with van der Waals surface area (Å²) < 4.78 is 10.0. The molecule has 1 saturated heterocycles. The highest BCUT2D eigenvalue weighted by Gasteiger charge is 2.43. The van der Waals surface area contributed by atoms with Crippen molar-refractivity contribution in [2.24, 2.45) is 5.41 Å². The third-order valence-corrected chi connectivity index (χ3v) is 3.29. The fraction of sp³-hybridized carbons (Fsp3) is 0.846. The summed E-state index contributed by atoms with van der Waals surface area (Å²) in [5.41, 5.74) is -1.42. The molecule has 1 fully saturated rings. The van der Waals surface area contributed by atoms with Crippen LogP contribution >= 0.6 is 0 Å². The lowest BCUT2D eigenvalue weighted by molar-refractivity contribution is -0.159. The molecule has 1 aliphatic heterocycles. The lowest BCUT2D eigenvalue weighted by atomic mass is 9.79. The largest absolute Gasteiger partial charge is 0.469 e. The lowest BCUT2D eigenvalue weighted by Gasteiger charge is -2.38. The fourth-order valence-corrected chi connectivity index (χ4v) is 2.09. The van der Waals surface area contributed by atoms with E-state index in [1.165, 1.54) is 7.11 Å². The number of carbonyl (C=O) groups is 2. The summed E-state index contributed by atoms with van der Waals surface area (Å²) in [6.45, 7) is 5.92. The van der Waals surface area contributed by atoms with Crippen LogP contribution in [0.4, 0.5) is 4.79 Å². The molecule has 0 saturated carbocycles. The topological polar surface area (TPSA) is 76.1 Å². The number of ether oxygens (including phenoxy) is 2. The molecule has 0 aromatic carbocycles. The predicted octanol–water partition coefficient (Wildman–Crippen LogP) is 1.17. The zero-order chi connectivity index (χ0) is 14.7. The summed E-state index contributed by atoms with van der Waals surface area (Å²) in [6.07, 6.45) is 0.383. The number of nitrogens with zero attached hydrogens (tertiary/aromatic N) is 1. The van der Waals surface area contributed by atoms with Gasteiger partial charge in [0.15, 0.2) is 0 Å². The van der Waals surface area contributed by atoms with Gasteiger partial charge in [0.05, 0.1) is 19.1 Å². The molecular weight excluding hydrogens is 250 g/mol. The molecule has 19 heavy (non-hydrogen) atoms. The van der Waals surface area contributed by atoms with Crippen molar-refractivity contribution >= 4 is 12.1 Å². The maximum Gasteiger partial charge on any atom is 0.410 e. The normalized spacial score (nSPS) is 18.9. The number of hydrogen-bond donors (Lipinski definition) is 1. The molecule has 0 aromatic heterocycles. The van der Waals surface area contributed by atoms with E-state index in [1.54, 1.807) is 25.7 Å². The van der Waals surface area contributed by atoms with Gasteiger partial charge in [0.2, 0.25) is 0 Å². The predicted molar refractivity (Wildman–Crippen MR) is 68.6 cm³/mol. The maximum absolute atomic E-state index is 11.9. The van der Waals surface area contributed by atoms with E-state index in [0.29, 0.717) is 25.9 Å². The van der Waals surface area contributed by atoms with Crippen molar-refractivity contribution in [1.82, 2.24) is 4.90 Å². The van der Waals surface area contributed by atoms with Crippen LogP contribution in [0.25, 0.3) is 0 Å². The zero-order valence-electron chi connectivity index (χ0n) is 12.1. The number of likely N-dealkylation sites (tertiary alicyclic amines) is 1. The van der Waals surface area contributed by atoms with Gasteiger partial charge in [-0.15, -0.1) is 0 Å². The monoisotopic (exact) mass is 273 g/mol. The number of amides is 1. The first-order chi connectivity index (χ1) is 8.74. The third kappa shape index (κ3) is 3.83. The molecule has 0 bridgehead atoms. The average molecular weight is 273 g/mol. The Kier molecular flexibility index (Phi) is 4.79. The summed E-state index contributed by atoms with van der Waals surface area (Å²) in [7, 11) is 1.31. The van der Waals surface area contributed by atoms with Gasteiger partial charge in [-0.1, -0.05) is 0 Å². The van der Waals surface area contributed by atoms with Crippen LogP contribution in [0.5, 0.6) is 0 Å². The highest BCUT2D eigenvalue weighted by atomic mass is 16.6. The molecule has 0 aromatic rings. The smallest absolute Gasteiger partial charge is 0.410 e. The quantitative estimate of drug-likeness (QED) is 0.764. The molecule has 0 unspecified atom stereocenters. The van der Waals surface area contributed by atoms with Gasteiger partial charge in [-0.2, -0.15) is 0 Å². The number of piperidine rings is 1. The van der Waals surface area contributed by atoms with E-state index < -0.39 is 17.0 Å². The van der Waals surface area contributed by atoms with Crippen molar-refractivity contribution in [2.75, 3.05) is 26.8 Å². The van der Waals surface area contributed by atoms with Gasteiger partial charge in [0.25, 0.3) is 0 Å². The Hall–Kier alpha value is -1.30. The summed E-state index contributed by atoms with van der Waals surface area (Å²) >= 11 is 0. The molecule has 0 aliphatic carbocycles. The molecule has 110 valence electrons. The Balaban J connectivity index is 2.61. The van der Waals surface area contributed by atoms with Crippen LogP contribution in [0.1, 0.15) is 33.6 Å². The Morgan fingerprint density at radius 1 is 1.26 bits per heavy atom. The van der Waals surface area contributed by atoms with Crippen molar-refractivity contribution in [2.45, 2.75) is 39.2 Å². The minimum Gasteiger partial charge on any atom is -0.469 e. The lowest BCUT2D eigenvalue weighted by Crippen LogP contribution is -2.49. The highest BCUT2D eigenvalue weighted by Crippen LogP contribution is 2.32. The maximum atomic E-state index is 11.9. The van der Waals surface area contributed by atoms with Gasteiger partial charge in [0, 0.05) is 13.1 Å². The van der Waals surface area contributed by atoms with Gasteiger partial charge < -0.3 is 19.5 Å². The minimum atomic E-state index is -0.882. The van der Waals surface area contributed by atoms with Crippen LogP contribution in [0.3, 0.4) is 0 Å². The molecule has 0 spiro atoms. The second-order valence-electron chi connectivity index (χ2n) is 5.90. The van der Waals surface area contributed by atoms with Crippen LogP contribution in [-0.2, 0) is 14.3 Å². The van der Waals surface area contributed by atoms with Crippen LogP contribution in [-0.4, -0.2) is 54.5 Å². The van der Waals surface area contributed by atoms with Crippen molar-refractivity contribution in [3.05, 3.63) is 0 Å². The summed E-state index contributed by atoms with van der Waals surface area (Å²) in [6, 6.07) is 0. The molecule has 1 heterocycles. The highest BCUT2D eigenvalue weighted by molar-refractivity contribution is 5.77. The summed E-state index contributed by atoms with van der Waals surface area (Å²) in [4.78, 5) is 25.1. The zero-order valence-corrected chi connectivity index (χ0v) is 12.1. The standard InChI is InChI=1S/C13H23NO5/c1-12(2,3)19-11(17)14-7-5-13(9-15,6-8-14)10(16)18-4/h15H,5-9H2,1-4H3. The molecule has 1 N–H and O–H groups in total. The van der Waals surface area contributed by atoms with Crippen molar-refractivity contribution in [1.29, 1.82) is 0 Å². The van der Waals surface area contributed by atoms with Crippen LogP contribution in [0.2, 0.25) is 0 Å². The molecule has 1 aliphatic rings. The Morgan fingerprint density at radius 2 is 1.79 bits per heavy atom. The number of aliphatic hydroxyl groups is 1. The van der Waals surface area contributed by atoms with Gasteiger partial charge in [0.1, 0.15) is 5.60 Å². The number of carbonyl (C=O) groups excluding carboxylic acids is 2. The SMILES string of the molecule is COC(=O)C1(CO)CCN(C(=O)OC(C)(C)C)CC1. The van der Waals surface area contributed by atoms with Crippen molar-refractivity contribution in [3.63, 3.8) is 0 Å². The molecule has 6 nitrogen and oxygen atoms in total. The first kappa shape index (κ1) is 15.8. The second kappa shape index (κ2) is 5.77. The number of methoxy groups -OCH3 is 1. The minimum absolute atomic E-state index is 0.262. The number of aliphatic hydroxyl groups excluding tert-OH is 1. The van der Waals surface area contributed by atoms with E-state index in [-0.39, 0.29) is 12.7 Å². The molecule has 0 atom stereocenters. The van der Waals surface area contributed by atoms with Crippen LogP contribution < -0.4 is 0 Å². The summed E-state index contributed by atoms with van der Waals surface area (Å²) in [5, 5.41) is 9.42. The number of rotatable bonds is 2. The average Bonchev–Trinajstić information content (AvgIpc) is 2.35. The molecule has 6 heteroatoms. The Bertz CT molecular complexity index is 339. The van der Waals surface area contributed by atoms with Crippen molar-refractivity contribution in [3.8, 4) is 0 Å². The Labute approximate surface area is 113 Å². The Morgan fingerprint density at radius 3 is 2.16 bits per heavy atom. The van der Waals surface area contributed by atoms with E-state index in [2.05, 4.69) is 0 Å². The van der Waals surface area contributed by atoms with E-state index in [9.17, 15) is 14.7 Å². The van der Waals surface area contributed by atoms with Crippen LogP contribution in [0, 0.1) is 5.41 Å². The van der Waals surface area contributed by atoms with Crippen LogP contribution in [0.15, 0.2) is 0 Å².